The van der Waals surface area contributed by atoms with Crippen LogP contribution in [0.15, 0.2) is 18.2 Å². The molecule has 2 rings (SSSR count). The molecule has 3 atom stereocenters. The van der Waals surface area contributed by atoms with Crippen LogP contribution in [0, 0.1) is 23.7 Å². The van der Waals surface area contributed by atoms with Gasteiger partial charge in [0, 0.05) is 20.1 Å². The molecule has 1 heterocycles. The van der Waals surface area contributed by atoms with Gasteiger partial charge in [0.25, 0.3) is 0 Å². The van der Waals surface area contributed by atoms with Crippen LogP contribution in [0.4, 0.5) is 0 Å². The number of hydrogen-bond acceptors (Lipinski definition) is 5. The maximum Gasteiger partial charge on any atom is 0.309 e. The Morgan fingerprint density at radius 2 is 1.87 bits per heavy atom. The molecule has 0 bridgehead atoms. The number of cyclic esters (lactones) is 1. The van der Waals surface area contributed by atoms with Crippen LogP contribution in [0.2, 0.25) is 0 Å². The second kappa shape index (κ2) is 12.2. The number of esters is 1. The van der Waals surface area contributed by atoms with Crippen LogP contribution in [-0.4, -0.2) is 39.5 Å². The molecule has 5 heteroatoms. The van der Waals surface area contributed by atoms with Crippen molar-refractivity contribution in [3.63, 3.8) is 0 Å². The van der Waals surface area contributed by atoms with E-state index in [0.717, 1.165) is 43.6 Å². The predicted molar refractivity (Wildman–Crippen MR) is 119 cm³/mol. The van der Waals surface area contributed by atoms with Crippen LogP contribution in [0.1, 0.15) is 58.9 Å². The summed E-state index contributed by atoms with van der Waals surface area (Å²) in [5.74, 6) is 3.03. The molecule has 0 saturated carbocycles. The van der Waals surface area contributed by atoms with Gasteiger partial charge in [-0.05, 0) is 61.1 Å². The third-order valence-electron chi connectivity index (χ3n) is 6.19. The van der Waals surface area contributed by atoms with E-state index in [1.807, 2.05) is 6.07 Å². The highest BCUT2D eigenvalue weighted by Crippen LogP contribution is 2.34. The molecule has 1 aliphatic rings. The zero-order chi connectivity index (χ0) is 22.1. The van der Waals surface area contributed by atoms with Gasteiger partial charge in [-0.3, -0.25) is 4.79 Å². The molecule has 0 spiro atoms. The Hall–Kier alpha value is -1.75. The van der Waals surface area contributed by atoms with E-state index >= 15 is 0 Å². The van der Waals surface area contributed by atoms with Crippen LogP contribution in [0.5, 0.6) is 11.5 Å². The lowest BCUT2D eigenvalue weighted by Crippen LogP contribution is -2.16. The van der Waals surface area contributed by atoms with E-state index in [2.05, 4.69) is 39.8 Å². The van der Waals surface area contributed by atoms with Crippen molar-refractivity contribution in [2.24, 2.45) is 23.7 Å². The van der Waals surface area contributed by atoms with Crippen molar-refractivity contribution < 1.29 is 23.7 Å². The van der Waals surface area contributed by atoms with Crippen LogP contribution < -0.4 is 9.47 Å². The lowest BCUT2D eigenvalue weighted by molar-refractivity contribution is -0.145. The average Bonchev–Trinajstić information content (AvgIpc) is 3.09. The van der Waals surface area contributed by atoms with Crippen molar-refractivity contribution in [2.45, 2.75) is 65.9 Å². The molecular weight excluding hydrogens is 380 g/mol. The summed E-state index contributed by atoms with van der Waals surface area (Å²) in [5.41, 5.74) is 1.25. The second-order valence-electron chi connectivity index (χ2n) is 9.11. The number of methoxy groups -OCH3 is 2. The van der Waals surface area contributed by atoms with Gasteiger partial charge in [-0.15, -0.1) is 0 Å². The summed E-state index contributed by atoms with van der Waals surface area (Å²) < 4.78 is 22.1. The molecule has 1 fully saturated rings. The van der Waals surface area contributed by atoms with Gasteiger partial charge in [0.15, 0.2) is 11.5 Å². The molecule has 0 N–H and O–H groups in total. The molecular formula is C25H40O5. The van der Waals surface area contributed by atoms with Gasteiger partial charge < -0.3 is 18.9 Å². The molecule has 0 aromatic heterocycles. The summed E-state index contributed by atoms with van der Waals surface area (Å²) >= 11 is 0. The molecule has 170 valence electrons. The van der Waals surface area contributed by atoms with Gasteiger partial charge in [-0.25, -0.2) is 0 Å². The summed E-state index contributed by atoms with van der Waals surface area (Å²) in [4.78, 5) is 12.1. The van der Waals surface area contributed by atoms with Crippen molar-refractivity contribution in [1.82, 2.24) is 0 Å². The van der Waals surface area contributed by atoms with E-state index in [4.69, 9.17) is 18.9 Å². The molecule has 0 amide bonds. The van der Waals surface area contributed by atoms with Crippen molar-refractivity contribution in [3.05, 3.63) is 23.8 Å². The van der Waals surface area contributed by atoms with Crippen LogP contribution in [0.25, 0.3) is 0 Å². The van der Waals surface area contributed by atoms with E-state index in [9.17, 15) is 4.79 Å². The van der Waals surface area contributed by atoms with Crippen molar-refractivity contribution in [1.29, 1.82) is 0 Å². The SMILES string of the molecule is COCCCOc1cc(C[C@@H](CC[C@H]2C[C@@H](C(C)C)C(=O)O2)C(C)C)ccc1OC. The Balaban J connectivity index is 1.96. The molecule has 0 aliphatic carbocycles. The zero-order valence-electron chi connectivity index (χ0n) is 19.6. The van der Waals surface area contributed by atoms with Gasteiger partial charge in [0.2, 0.25) is 0 Å². The topological polar surface area (TPSA) is 54.0 Å². The summed E-state index contributed by atoms with van der Waals surface area (Å²) in [7, 11) is 3.37. The van der Waals surface area contributed by atoms with Crippen LogP contribution in [-0.2, 0) is 20.7 Å². The van der Waals surface area contributed by atoms with Crippen LogP contribution >= 0.6 is 0 Å². The van der Waals surface area contributed by atoms with E-state index in [1.165, 1.54) is 5.56 Å². The third-order valence-corrected chi connectivity index (χ3v) is 6.19. The normalized spacial score (nSPS) is 19.9. The first-order valence-corrected chi connectivity index (χ1v) is 11.3. The second-order valence-corrected chi connectivity index (χ2v) is 9.11. The first-order chi connectivity index (χ1) is 14.3. The molecule has 30 heavy (non-hydrogen) atoms. The molecule has 1 aromatic carbocycles. The smallest absolute Gasteiger partial charge is 0.309 e. The van der Waals surface area contributed by atoms with Crippen molar-refractivity contribution >= 4 is 5.97 Å². The van der Waals surface area contributed by atoms with E-state index in [1.54, 1.807) is 14.2 Å². The monoisotopic (exact) mass is 420 g/mol. The number of benzene rings is 1. The number of carbonyl (C=O) groups is 1. The lowest BCUT2D eigenvalue weighted by Gasteiger charge is -2.23. The fourth-order valence-corrected chi connectivity index (χ4v) is 4.12. The average molecular weight is 421 g/mol. The quantitative estimate of drug-likeness (QED) is 0.320. The minimum absolute atomic E-state index is 0.0125. The Kier molecular flexibility index (Phi) is 9.96. The summed E-state index contributed by atoms with van der Waals surface area (Å²) in [6.07, 6.45) is 4.75. The van der Waals surface area contributed by atoms with Gasteiger partial charge in [-0.2, -0.15) is 0 Å². The molecule has 5 nitrogen and oxygen atoms in total. The fourth-order valence-electron chi connectivity index (χ4n) is 4.12. The number of ether oxygens (including phenoxy) is 4. The minimum atomic E-state index is -0.0125. The van der Waals surface area contributed by atoms with E-state index in [-0.39, 0.29) is 18.0 Å². The summed E-state index contributed by atoms with van der Waals surface area (Å²) in [6.45, 7) is 10.0. The highest BCUT2D eigenvalue weighted by atomic mass is 16.6. The molecule has 1 saturated heterocycles. The Bertz CT molecular complexity index is 655. The molecule has 0 unspecified atom stereocenters. The maximum absolute atomic E-state index is 12.1. The summed E-state index contributed by atoms with van der Waals surface area (Å²) in [6, 6.07) is 6.22. The number of hydrogen-bond donors (Lipinski definition) is 0. The van der Waals surface area contributed by atoms with Gasteiger partial charge >= 0.3 is 5.97 Å². The first-order valence-electron chi connectivity index (χ1n) is 11.3. The largest absolute Gasteiger partial charge is 0.493 e. The summed E-state index contributed by atoms with van der Waals surface area (Å²) in [5, 5.41) is 0. The Morgan fingerprint density at radius 1 is 1.10 bits per heavy atom. The maximum atomic E-state index is 12.1. The minimum Gasteiger partial charge on any atom is -0.493 e. The highest BCUT2D eigenvalue weighted by molar-refractivity contribution is 5.74. The number of rotatable bonds is 13. The fraction of sp³-hybridized carbons (Fsp3) is 0.720. The number of carbonyl (C=O) groups excluding carboxylic acids is 1. The zero-order valence-corrected chi connectivity index (χ0v) is 19.6. The van der Waals surface area contributed by atoms with Gasteiger partial charge in [0.1, 0.15) is 6.10 Å². The van der Waals surface area contributed by atoms with Gasteiger partial charge in [-0.1, -0.05) is 33.8 Å². The van der Waals surface area contributed by atoms with Crippen molar-refractivity contribution in [3.8, 4) is 11.5 Å². The highest BCUT2D eigenvalue weighted by Gasteiger charge is 2.36. The standard InChI is InChI=1S/C25H40O5/c1-17(2)20(9-10-21-16-22(18(3)4)25(26)30-21)14-19-8-11-23(28-6)24(15-19)29-13-7-12-27-5/h8,11,15,17-18,20-22H,7,9-10,12-14,16H2,1-6H3/t20-,21+,22+/m1/s1. The molecule has 0 radical (unpaired) electrons. The van der Waals surface area contributed by atoms with Crippen LogP contribution in [0.3, 0.4) is 0 Å². The van der Waals surface area contributed by atoms with Crippen molar-refractivity contribution in [2.75, 3.05) is 27.4 Å². The Morgan fingerprint density at radius 3 is 2.47 bits per heavy atom. The third kappa shape index (κ3) is 7.19. The molecule has 1 aromatic rings. The van der Waals surface area contributed by atoms with E-state index < -0.39 is 0 Å². The molecule has 1 aliphatic heterocycles. The lowest BCUT2D eigenvalue weighted by atomic mass is 9.83. The predicted octanol–water partition coefficient (Wildman–Crippen LogP) is 5.29. The Labute approximate surface area is 182 Å². The van der Waals surface area contributed by atoms with E-state index in [0.29, 0.717) is 31.0 Å². The van der Waals surface area contributed by atoms with Gasteiger partial charge in [0.05, 0.1) is 19.6 Å². The first kappa shape index (κ1) is 24.5.